The first-order valence-electron chi connectivity index (χ1n) is 9.95. The van der Waals surface area contributed by atoms with Gasteiger partial charge >= 0.3 is 0 Å². The van der Waals surface area contributed by atoms with Crippen molar-refractivity contribution in [2.45, 2.75) is 79.1 Å². The van der Waals surface area contributed by atoms with Gasteiger partial charge in [0.1, 0.15) is 0 Å². The molecule has 0 N–H and O–H groups in total. The lowest BCUT2D eigenvalue weighted by Gasteiger charge is -2.19. The van der Waals surface area contributed by atoms with Crippen LogP contribution in [0.15, 0.2) is 36.4 Å². The average Bonchev–Trinajstić information content (AvgIpc) is 2.59. The standard InChI is InChI=1S/C25H34O/c1-15(2)19-9-11-21(23(13-19)17(5)6)25(26)22-12-10-20(16(3)4)14-24(22)18(7)8/h9-18H,1-8H3. The Bertz CT molecular complexity index is 713. The van der Waals surface area contributed by atoms with Gasteiger partial charge in [0.15, 0.2) is 5.78 Å². The maximum absolute atomic E-state index is 13.5. The Morgan fingerprint density at radius 3 is 1.19 bits per heavy atom. The van der Waals surface area contributed by atoms with Crippen LogP contribution in [0.5, 0.6) is 0 Å². The summed E-state index contributed by atoms with van der Waals surface area (Å²) in [4.78, 5) is 13.5. The average molecular weight is 351 g/mol. The van der Waals surface area contributed by atoms with E-state index in [1.807, 2.05) is 12.1 Å². The van der Waals surface area contributed by atoms with Crippen LogP contribution in [0.2, 0.25) is 0 Å². The second-order valence-corrected chi connectivity index (χ2v) is 8.64. The van der Waals surface area contributed by atoms with E-state index >= 15 is 0 Å². The van der Waals surface area contributed by atoms with Crippen LogP contribution >= 0.6 is 0 Å². The molecule has 2 rings (SSSR count). The summed E-state index contributed by atoms with van der Waals surface area (Å²) in [5.41, 5.74) is 6.61. The molecule has 0 fully saturated rings. The second kappa shape index (κ2) is 8.20. The van der Waals surface area contributed by atoms with E-state index in [0.29, 0.717) is 23.7 Å². The minimum absolute atomic E-state index is 0.156. The molecule has 2 aromatic carbocycles. The van der Waals surface area contributed by atoms with E-state index in [0.717, 1.165) is 22.3 Å². The molecule has 0 spiro atoms. The van der Waals surface area contributed by atoms with Gasteiger partial charge in [-0.3, -0.25) is 4.79 Å². The van der Waals surface area contributed by atoms with E-state index in [4.69, 9.17) is 0 Å². The van der Waals surface area contributed by atoms with Crippen LogP contribution < -0.4 is 0 Å². The number of hydrogen-bond donors (Lipinski definition) is 0. The zero-order valence-corrected chi connectivity index (χ0v) is 17.7. The van der Waals surface area contributed by atoms with Gasteiger partial charge in [0, 0.05) is 11.1 Å². The summed E-state index contributed by atoms with van der Waals surface area (Å²) in [6.07, 6.45) is 0. The molecular weight excluding hydrogens is 316 g/mol. The molecule has 0 amide bonds. The highest BCUT2D eigenvalue weighted by Gasteiger charge is 2.21. The van der Waals surface area contributed by atoms with E-state index in [1.54, 1.807) is 0 Å². The SMILES string of the molecule is CC(C)c1ccc(C(=O)c2ccc(C(C)C)cc2C(C)C)c(C(C)C)c1. The first-order chi connectivity index (χ1) is 12.1. The maximum Gasteiger partial charge on any atom is 0.193 e. The highest BCUT2D eigenvalue weighted by atomic mass is 16.1. The quantitative estimate of drug-likeness (QED) is 0.496. The summed E-state index contributed by atoms with van der Waals surface area (Å²) in [5, 5.41) is 0. The zero-order valence-electron chi connectivity index (χ0n) is 17.7. The minimum atomic E-state index is 0.156. The van der Waals surface area contributed by atoms with Gasteiger partial charge in [0.2, 0.25) is 0 Å². The molecule has 1 nitrogen and oxygen atoms in total. The monoisotopic (exact) mass is 350 g/mol. The molecule has 0 unspecified atom stereocenters. The van der Waals surface area contributed by atoms with Crippen molar-refractivity contribution in [1.82, 2.24) is 0 Å². The highest BCUT2D eigenvalue weighted by molar-refractivity contribution is 6.11. The van der Waals surface area contributed by atoms with Gasteiger partial charge in [-0.2, -0.15) is 0 Å². The number of benzene rings is 2. The summed E-state index contributed by atoms with van der Waals surface area (Å²) in [5.74, 6) is 1.74. The fraction of sp³-hybridized carbons (Fsp3) is 0.480. The molecule has 26 heavy (non-hydrogen) atoms. The Hall–Kier alpha value is -1.89. The molecule has 0 saturated carbocycles. The van der Waals surface area contributed by atoms with Crippen LogP contribution in [0.25, 0.3) is 0 Å². The summed E-state index contributed by atoms with van der Waals surface area (Å²) in [6.45, 7) is 17.5. The van der Waals surface area contributed by atoms with E-state index in [1.165, 1.54) is 11.1 Å². The fourth-order valence-electron chi connectivity index (χ4n) is 3.39. The van der Waals surface area contributed by atoms with Crippen molar-refractivity contribution >= 4 is 5.78 Å². The van der Waals surface area contributed by atoms with Crippen molar-refractivity contribution in [3.63, 3.8) is 0 Å². The molecule has 0 aromatic heterocycles. The Morgan fingerprint density at radius 1 is 0.577 bits per heavy atom. The van der Waals surface area contributed by atoms with E-state index in [9.17, 15) is 4.79 Å². The van der Waals surface area contributed by atoms with Gasteiger partial charge in [-0.1, -0.05) is 91.8 Å². The molecule has 0 bridgehead atoms. The molecule has 0 radical (unpaired) electrons. The number of carbonyl (C=O) groups is 1. The Balaban J connectivity index is 2.59. The summed E-state index contributed by atoms with van der Waals surface area (Å²) < 4.78 is 0. The molecule has 0 heterocycles. The van der Waals surface area contributed by atoms with Crippen molar-refractivity contribution in [3.8, 4) is 0 Å². The van der Waals surface area contributed by atoms with Crippen molar-refractivity contribution in [3.05, 3.63) is 69.8 Å². The van der Waals surface area contributed by atoms with Crippen molar-refractivity contribution in [2.24, 2.45) is 0 Å². The van der Waals surface area contributed by atoms with E-state index < -0.39 is 0 Å². The molecule has 0 aliphatic rings. The number of ketones is 1. The zero-order chi connectivity index (χ0) is 19.6. The number of hydrogen-bond acceptors (Lipinski definition) is 1. The van der Waals surface area contributed by atoms with Crippen LogP contribution in [-0.4, -0.2) is 5.78 Å². The van der Waals surface area contributed by atoms with Crippen molar-refractivity contribution in [1.29, 1.82) is 0 Å². The maximum atomic E-state index is 13.5. The van der Waals surface area contributed by atoms with Gasteiger partial charge in [0.25, 0.3) is 0 Å². The van der Waals surface area contributed by atoms with Crippen molar-refractivity contribution in [2.75, 3.05) is 0 Å². The van der Waals surface area contributed by atoms with Crippen LogP contribution in [0.4, 0.5) is 0 Å². The van der Waals surface area contributed by atoms with Crippen LogP contribution in [0.3, 0.4) is 0 Å². The van der Waals surface area contributed by atoms with Crippen molar-refractivity contribution < 1.29 is 4.79 Å². The predicted octanol–water partition coefficient (Wildman–Crippen LogP) is 7.41. The Morgan fingerprint density at radius 2 is 0.923 bits per heavy atom. The molecule has 2 aromatic rings. The third-order valence-electron chi connectivity index (χ3n) is 5.22. The third kappa shape index (κ3) is 4.26. The molecule has 140 valence electrons. The Kier molecular flexibility index (Phi) is 6.44. The van der Waals surface area contributed by atoms with E-state index in [2.05, 4.69) is 79.7 Å². The molecule has 0 saturated heterocycles. The van der Waals surface area contributed by atoms with Crippen LogP contribution in [-0.2, 0) is 0 Å². The van der Waals surface area contributed by atoms with Gasteiger partial charge in [-0.15, -0.1) is 0 Å². The van der Waals surface area contributed by atoms with E-state index in [-0.39, 0.29) is 5.78 Å². The first kappa shape index (κ1) is 20.4. The molecule has 0 atom stereocenters. The van der Waals surface area contributed by atoms with Gasteiger partial charge in [-0.25, -0.2) is 0 Å². The van der Waals surface area contributed by atoms with Gasteiger partial charge in [-0.05, 0) is 45.9 Å². The lowest BCUT2D eigenvalue weighted by atomic mass is 9.84. The molecule has 0 aliphatic heterocycles. The topological polar surface area (TPSA) is 17.1 Å². The van der Waals surface area contributed by atoms with Crippen LogP contribution in [0, 0.1) is 0 Å². The fourth-order valence-corrected chi connectivity index (χ4v) is 3.39. The lowest BCUT2D eigenvalue weighted by Crippen LogP contribution is -2.11. The summed E-state index contributed by atoms with van der Waals surface area (Å²) >= 11 is 0. The molecule has 0 aliphatic carbocycles. The largest absolute Gasteiger partial charge is 0.289 e. The summed E-state index contributed by atoms with van der Waals surface area (Å²) in [6, 6.07) is 12.7. The minimum Gasteiger partial charge on any atom is -0.289 e. The Labute approximate surface area is 159 Å². The smallest absolute Gasteiger partial charge is 0.193 e. The molecular formula is C25H34O. The lowest BCUT2D eigenvalue weighted by molar-refractivity contribution is 0.103. The normalized spacial score (nSPS) is 11.8. The molecule has 1 heteroatoms. The van der Waals surface area contributed by atoms with Gasteiger partial charge < -0.3 is 0 Å². The second-order valence-electron chi connectivity index (χ2n) is 8.64. The van der Waals surface area contributed by atoms with Gasteiger partial charge in [0.05, 0.1) is 0 Å². The van der Waals surface area contributed by atoms with Crippen LogP contribution in [0.1, 0.15) is 117 Å². The first-order valence-corrected chi connectivity index (χ1v) is 9.95. The number of carbonyl (C=O) groups excluding carboxylic acids is 1. The third-order valence-corrected chi connectivity index (χ3v) is 5.22. The predicted molar refractivity (Wildman–Crippen MR) is 113 cm³/mol. The summed E-state index contributed by atoms with van der Waals surface area (Å²) in [7, 11) is 0. The number of rotatable bonds is 6. The highest BCUT2D eigenvalue weighted by Crippen LogP contribution is 2.30.